The molecule has 3 heteroatoms. The van der Waals surface area contributed by atoms with E-state index in [9.17, 15) is 4.79 Å². The monoisotopic (exact) mass is 388 g/mol. The van der Waals surface area contributed by atoms with Gasteiger partial charge in [-0.3, -0.25) is 0 Å². The summed E-state index contributed by atoms with van der Waals surface area (Å²) < 4.78 is 11.2. The maximum absolute atomic E-state index is 11.9. The van der Waals surface area contributed by atoms with Crippen molar-refractivity contribution < 1.29 is 14.3 Å². The van der Waals surface area contributed by atoms with Crippen LogP contribution in [-0.2, 0) is 9.53 Å². The lowest BCUT2D eigenvalue weighted by Gasteiger charge is -2.18. The quantitative estimate of drug-likeness (QED) is 0.190. The zero-order valence-electron chi connectivity index (χ0n) is 18.5. The smallest absolute Gasteiger partial charge is 0.331 e. The number of unbranched alkanes of at least 4 members (excludes halogenated alkanes) is 9. The Balaban J connectivity index is 2.24. The van der Waals surface area contributed by atoms with E-state index in [1.54, 1.807) is 6.08 Å². The first-order chi connectivity index (χ1) is 13.4. The standard InChI is InChI=1S/C25H40O3/c1-5-6-7-8-9-10-11-12-13-16-21-27-23-18-15-14-17-22(23)19-20-24(26)28-25(2,3)4/h14-15,17-20H,5-13,16,21H2,1-4H3. The van der Waals surface area contributed by atoms with E-state index in [4.69, 9.17) is 9.47 Å². The zero-order chi connectivity index (χ0) is 20.7. The zero-order valence-corrected chi connectivity index (χ0v) is 18.5. The lowest BCUT2D eigenvalue weighted by molar-refractivity contribution is -0.148. The molecular weight excluding hydrogens is 348 g/mol. The van der Waals surface area contributed by atoms with Gasteiger partial charge in [0, 0.05) is 11.6 Å². The van der Waals surface area contributed by atoms with Gasteiger partial charge in [-0.25, -0.2) is 4.79 Å². The van der Waals surface area contributed by atoms with Gasteiger partial charge in [0.2, 0.25) is 0 Å². The molecule has 3 nitrogen and oxygen atoms in total. The Bertz CT molecular complexity index is 569. The van der Waals surface area contributed by atoms with Crippen molar-refractivity contribution in [2.45, 2.75) is 97.5 Å². The molecule has 28 heavy (non-hydrogen) atoms. The van der Waals surface area contributed by atoms with Crippen molar-refractivity contribution in [3.05, 3.63) is 35.9 Å². The molecule has 0 spiro atoms. The normalized spacial score (nSPS) is 11.7. The molecule has 0 saturated carbocycles. The second kappa shape index (κ2) is 14.3. The van der Waals surface area contributed by atoms with Gasteiger partial charge < -0.3 is 9.47 Å². The van der Waals surface area contributed by atoms with Crippen molar-refractivity contribution in [3.63, 3.8) is 0 Å². The SMILES string of the molecule is CCCCCCCCCCCCOc1ccccc1C=CC(=O)OC(C)(C)C. The topological polar surface area (TPSA) is 35.5 Å². The minimum atomic E-state index is -0.479. The van der Waals surface area contributed by atoms with Crippen LogP contribution in [0.3, 0.4) is 0 Å². The predicted molar refractivity (Wildman–Crippen MR) is 119 cm³/mol. The molecule has 1 aromatic carbocycles. The average Bonchev–Trinajstić information content (AvgIpc) is 2.64. The van der Waals surface area contributed by atoms with Crippen LogP contribution in [0, 0.1) is 0 Å². The van der Waals surface area contributed by atoms with E-state index in [2.05, 4.69) is 6.92 Å². The number of carbonyl (C=O) groups excluding carboxylic acids is 1. The van der Waals surface area contributed by atoms with Crippen molar-refractivity contribution in [2.24, 2.45) is 0 Å². The fourth-order valence-electron chi connectivity index (χ4n) is 3.01. The molecule has 0 saturated heterocycles. The molecule has 0 aromatic heterocycles. The Labute approximate surface area is 172 Å². The molecule has 0 heterocycles. The summed E-state index contributed by atoms with van der Waals surface area (Å²) in [6, 6.07) is 7.81. The highest BCUT2D eigenvalue weighted by molar-refractivity contribution is 5.87. The van der Waals surface area contributed by atoms with Crippen LogP contribution < -0.4 is 4.74 Å². The van der Waals surface area contributed by atoms with E-state index in [0.29, 0.717) is 6.61 Å². The summed E-state index contributed by atoms with van der Waals surface area (Å²) in [4.78, 5) is 11.9. The largest absolute Gasteiger partial charge is 0.493 e. The van der Waals surface area contributed by atoms with Crippen molar-refractivity contribution in [3.8, 4) is 5.75 Å². The summed E-state index contributed by atoms with van der Waals surface area (Å²) in [6.07, 6.45) is 16.4. The van der Waals surface area contributed by atoms with Crippen molar-refractivity contribution >= 4 is 12.0 Å². The maximum Gasteiger partial charge on any atom is 0.331 e. The molecule has 0 atom stereocenters. The highest BCUT2D eigenvalue weighted by Gasteiger charge is 2.14. The van der Waals surface area contributed by atoms with Crippen LogP contribution in [-0.4, -0.2) is 18.2 Å². The lowest BCUT2D eigenvalue weighted by Crippen LogP contribution is -2.22. The van der Waals surface area contributed by atoms with E-state index in [1.807, 2.05) is 45.0 Å². The van der Waals surface area contributed by atoms with Crippen LogP contribution in [0.1, 0.15) is 97.5 Å². The van der Waals surface area contributed by atoms with Gasteiger partial charge in [-0.2, -0.15) is 0 Å². The summed E-state index contributed by atoms with van der Waals surface area (Å²) in [5.41, 5.74) is 0.424. The fraction of sp³-hybridized carbons (Fsp3) is 0.640. The van der Waals surface area contributed by atoms with Crippen LogP contribution >= 0.6 is 0 Å². The number of rotatable bonds is 14. The summed E-state index contributed by atoms with van der Waals surface area (Å²) in [5, 5.41) is 0. The maximum atomic E-state index is 11.9. The average molecular weight is 389 g/mol. The third-order valence-corrected chi connectivity index (χ3v) is 4.48. The number of para-hydroxylation sites is 1. The molecule has 1 aromatic rings. The minimum Gasteiger partial charge on any atom is -0.493 e. The third kappa shape index (κ3) is 12.6. The summed E-state index contributed by atoms with van der Waals surface area (Å²) in [7, 11) is 0. The Morgan fingerprint density at radius 2 is 1.46 bits per heavy atom. The minimum absolute atomic E-state index is 0.336. The number of esters is 1. The van der Waals surface area contributed by atoms with Crippen molar-refractivity contribution in [1.29, 1.82) is 0 Å². The molecule has 0 radical (unpaired) electrons. The van der Waals surface area contributed by atoms with Crippen LogP contribution in [0.15, 0.2) is 30.3 Å². The molecule has 0 bridgehead atoms. The van der Waals surface area contributed by atoms with Crippen LogP contribution in [0.5, 0.6) is 5.75 Å². The van der Waals surface area contributed by atoms with Crippen LogP contribution in [0.4, 0.5) is 0 Å². The molecular formula is C25H40O3. The van der Waals surface area contributed by atoms with Crippen molar-refractivity contribution in [2.75, 3.05) is 6.61 Å². The second-order valence-electron chi connectivity index (χ2n) is 8.44. The molecule has 0 aliphatic rings. The first kappa shape index (κ1) is 24.3. The molecule has 0 fully saturated rings. The van der Waals surface area contributed by atoms with Gasteiger partial charge in [0.15, 0.2) is 0 Å². The van der Waals surface area contributed by atoms with Gasteiger partial charge in [0.25, 0.3) is 0 Å². The van der Waals surface area contributed by atoms with Gasteiger partial charge in [0.05, 0.1) is 6.61 Å². The van der Waals surface area contributed by atoms with Gasteiger partial charge in [-0.05, 0) is 39.3 Å². The molecule has 0 aliphatic heterocycles. The van der Waals surface area contributed by atoms with Gasteiger partial charge in [0.1, 0.15) is 11.4 Å². The molecule has 0 aliphatic carbocycles. The second-order valence-corrected chi connectivity index (χ2v) is 8.44. The van der Waals surface area contributed by atoms with E-state index in [-0.39, 0.29) is 5.97 Å². The molecule has 158 valence electrons. The van der Waals surface area contributed by atoms with Gasteiger partial charge in [-0.1, -0.05) is 82.9 Å². The predicted octanol–water partition coefficient (Wildman–Crippen LogP) is 7.34. The highest BCUT2D eigenvalue weighted by Crippen LogP contribution is 2.20. The number of hydrogen-bond donors (Lipinski definition) is 0. The Hall–Kier alpha value is -1.77. The van der Waals surface area contributed by atoms with E-state index in [0.717, 1.165) is 17.7 Å². The number of hydrogen-bond acceptors (Lipinski definition) is 3. The Kier molecular flexibility index (Phi) is 12.4. The summed E-state index contributed by atoms with van der Waals surface area (Å²) in [6.45, 7) is 8.57. The van der Waals surface area contributed by atoms with E-state index < -0.39 is 5.60 Å². The third-order valence-electron chi connectivity index (χ3n) is 4.48. The first-order valence-corrected chi connectivity index (χ1v) is 11.1. The number of ether oxygens (including phenoxy) is 2. The number of benzene rings is 1. The van der Waals surface area contributed by atoms with Crippen LogP contribution in [0.25, 0.3) is 6.08 Å². The lowest BCUT2D eigenvalue weighted by atomic mass is 10.1. The number of carbonyl (C=O) groups is 1. The highest BCUT2D eigenvalue weighted by atomic mass is 16.6. The van der Waals surface area contributed by atoms with Crippen molar-refractivity contribution in [1.82, 2.24) is 0 Å². The fourth-order valence-corrected chi connectivity index (χ4v) is 3.01. The Morgan fingerprint density at radius 3 is 2.07 bits per heavy atom. The van der Waals surface area contributed by atoms with Crippen LogP contribution in [0.2, 0.25) is 0 Å². The molecule has 0 unspecified atom stereocenters. The molecule has 1 rings (SSSR count). The van der Waals surface area contributed by atoms with E-state index in [1.165, 1.54) is 63.9 Å². The summed E-state index contributed by atoms with van der Waals surface area (Å²) >= 11 is 0. The molecule has 0 N–H and O–H groups in total. The van der Waals surface area contributed by atoms with E-state index >= 15 is 0 Å². The first-order valence-electron chi connectivity index (χ1n) is 11.1. The van der Waals surface area contributed by atoms with Gasteiger partial charge in [-0.15, -0.1) is 0 Å². The molecule has 0 amide bonds. The Morgan fingerprint density at radius 1 is 0.893 bits per heavy atom. The summed E-state index contributed by atoms with van der Waals surface area (Å²) in [5.74, 6) is 0.482. The van der Waals surface area contributed by atoms with Gasteiger partial charge >= 0.3 is 5.97 Å².